The number of halogens is 2. The predicted molar refractivity (Wildman–Crippen MR) is 98.2 cm³/mol. The first-order valence-electron chi connectivity index (χ1n) is 7.26. The number of anilines is 2. The molecule has 6 nitrogen and oxygen atoms in total. The second kappa shape index (κ2) is 8.50. The van der Waals surface area contributed by atoms with Gasteiger partial charge in [-0.15, -0.1) is 0 Å². The summed E-state index contributed by atoms with van der Waals surface area (Å²) in [5.74, 6) is -1.05. The maximum atomic E-state index is 12.0. The van der Waals surface area contributed by atoms with Gasteiger partial charge in [-0.3, -0.25) is 14.4 Å². The average Bonchev–Trinajstić information content (AvgIpc) is 2.54. The summed E-state index contributed by atoms with van der Waals surface area (Å²) in [6.45, 7) is 1.19. The first kappa shape index (κ1) is 18.8. The summed E-state index contributed by atoms with van der Waals surface area (Å²) in [5.41, 5.74) is 1.40. The first-order chi connectivity index (χ1) is 11.8. The lowest BCUT2D eigenvalue weighted by molar-refractivity contribution is -0.115. The standard InChI is InChI=1S/C17H15Cl2N3O3/c1-10(23)21-12-3-5-13(6-4-12)22-16(24)9-20-17(25)14-7-2-11(18)8-15(14)19/h2-8H,9H2,1H3,(H,20,25)(H,21,23)(H,22,24). The van der Waals surface area contributed by atoms with Crippen LogP contribution in [0.1, 0.15) is 17.3 Å². The monoisotopic (exact) mass is 379 g/mol. The molecule has 0 bridgehead atoms. The molecule has 2 rings (SSSR count). The summed E-state index contributed by atoms with van der Waals surface area (Å²) in [6.07, 6.45) is 0. The molecular formula is C17H15Cl2N3O3. The number of hydrogen-bond donors (Lipinski definition) is 3. The van der Waals surface area contributed by atoms with Crippen molar-refractivity contribution in [2.45, 2.75) is 6.92 Å². The van der Waals surface area contributed by atoms with E-state index in [0.717, 1.165) is 0 Å². The van der Waals surface area contributed by atoms with E-state index in [1.807, 2.05) is 0 Å². The molecule has 0 aliphatic carbocycles. The molecule has 8 heteroatoms. The van der Waals surface area contributed by atoms with Crippen LogP contribution in [-0.4, -0.2) is 24.3 Å². The Morgan fingerprint density at radius 2 is 1.52 bits per heavy atom. The SMILES string of the molecule is CC(=O)Nc1ccc(NC(=O)CNC(=O)c2ccc(Cl)cc2Cl)cc1. The van der Waals surface area contributed by atoms with E-state index >= 15 is 0 Å². The van der Waals surface area contributed by atoms with E-state index in [4.69, 9.17) is 23.2 Å². The van der Waals surface area contributed by atoms with Crippen LogP contribution in [0.4, 0.5) is 11.4 Å². The highest BCUT2D eigenvalue weighted by molar-refractivity contribution is 6.36. The van der Waals surface area contributed by atoms with Gasteiger partial charge in [-0.05, 0) is 42.5 Å². The van der Waals surface area contributed by atoms with Gasteiger partial charge in [0.05, 0.1) is 17.1 Å². The lowest BCUT2D eigenvalue weighted by Gasteiger charge is -2.09. The molecule has 0 aliphatic rings. The van der Waals surface area contributed by atoms with Crippen LogP contribution in [0.5, 0.6) is 0 Å². The first-order valence-corrected chi connectivity index (χ1v) is 8.01. The Balaban J connectivity index is 1.87. The van der Waals surface area contributed by atoms with E-state index in [1.54, 1.807) is 30.3 Å². The third-order valence-corrected chi connectivity index (χ3v) is 3.62. The van der Waals surface area contributed by atoms with E-state index in [0.29, 0.717) is 16.4 Å². The van der Waals surface area contributed by atoms with Crippen molar-refractivity contribution in [1.29, 1.82) is 0 Å². The van der Waals surface area contributed by atoms with E-state index < -0.39 is 11.8 Å². The summed E-state index contributed by atoms with van der Waals surface area (Å²) >= 11 is 11.7. The Labute approximate surface area is 154 Å². The fourth-order valence-corrected chi connectivity index (χ4v) is 2.47. The molecule has 2 aromatic carbocycles. The van der Waals surface area contributed by atoms with Crippen LogP contribution in [0.3, 0.4) is 0 Å². The zero-order chi connectivity index (χ0) is 18.4. The van der Waals surface area contributed by atoms with E-state index in [-0.39, 0.29) is 23.0 Å². The zero-order valence-corrected chi connectivity index (χ0v) is 14.7. The molecule has 2 aromatic rings. The number of rotatable bonds is 5. The van der Waals surface area contributed by atoms with Crippen molar-refractivity contribution < 1.29 is 14.4 Å². The van der Waals surface area contributed by atoms with Crippen molar-refractivity contribution in [3.05, 3.63) is 58.1 Å². The highest BCUT2D eigenvalue weighted by Crippen LogP contribution is 2.20. The second-order valence-corrected chi connectivity index (χ2v) is 5.96. The molecule has 0 spiro atoms. The maximum Gasteiger partial charge on any atom is 0.253 e. The third kappa shape index (κ3) is 5.77. The fourth-order valence-electron chi connectivity index (χ4n) is 1.97. The van der Waals surface area contributed by atoms with Crippen molar-refractivity contribution in [3.8, 4) is 0 Å². The van der Waals surface area contributed by atoms with Crippen LogP contribution in [-0.2, 0) is 9.59 Å². The molecule has 3 amide bonds. The summed E-state index contributed by atoms with van der Waals surface area (Å²) in [6, 6.07) is 11.1. The van der Waals surface area contributed by atoms with E-state index in [9.17, 15) is 14.4 Å². The van der Waals surface area contributed by atoms with Crippen LogP contribution in [0.2, 0.25) is 10.0 Å². The molecule has 0 heterocycles. The smallest absolute Gasteiger partial charge is 0.253 e. The van der Waals surface area contributed by atoms with Crippen LogP contribution >= 0.6 is 23.2 Å². The number of nitrogens with one attached hydrogen (secondary N) is 3. The van der Waals surface area contributed by atoms with Crippen molar-refractivity contribution in [2.24, 2.45) is 0 Å². The van der Waals surface area contributed by atoms with Crippen LogP contribution in [0, 0.1) is 0 Å². The Morgan fingerprint density at radius 1 is 0.920 bits per heavy atom. The number of amides is 3. The molecule has 0 radical (unpaired) electrons. The Kier molecular flexibility index (Phi) is 6.38. The summed E-state index contributed by atoms with van der Waals surface area (Å²) < 4.78 is 0. The molecule has 0 atom stereocenters. The molecule has 0 unspecified atom stereocenters. The predicted octanol–water partition coefficient (Wildman–Crippen LogP) is 3.32. The van der Waals surface area contributed by atoms with Crippen LogP contribution in [0.15, 0.2) is 42.5 Å². The summed E-state index contributed by atoms with van der Waals surface area (Å²) in [7, 11) is 0. The van der Waals surface area contributed by atoms with Gasteiger partial charge in [-0.2, -0.15) is 0 Å². The molecule has 0 saturated carbocycles. The lowest BCUT2D eigenvalue weighted by Crippen LogP contribution is -2.33. The average molecular weight is 380 g/mol. The molecule has 0 aliphatic heterocycles. The highest BCUT2D eigenvalue weighted by Gasteiger charge is 2.12. The minimum absolute atomic E-state index is 0.180. The van der Waals surface area contributed by atoms with Gasteiger partial charge in [0.25, 0.3) is 5.91 Å². The van der Waals surface area contributed by atoms with Crippen LogP contribution < -0.4 is 16.0 Å². The van der Waals surface area contributed by atoms with Gasteiger partial charge in [0.1, 0.15) is 0 Å². The number of benzene rings is 2. The van der Waals surface area contributed by atoms with Gasteiger partial charge < -0.3 is 16.0 Å². The van der Waals surface area contributed by atoms with Crippen molar-refractivity contribution in [3.63, 3.8) is 0 Å². The van der Waals surface area contributed by atoms with E-state index in [1.165, 1.54) is 19.1 Å². The van der Waals surface area contributed by atoms with Gasteiger partial charge in [-0.1, -0.05) is 23.2 Å². The summed E-state index contributed by atoms with van der Waals surface area (Å²) in [5, 5.41) is 8.36. The minimum Gasteiger partial charge on any atom is -0.343 e. The molecule has 3 N–H and O–H groups in total. The maximum absolute atomic E-state index is 12.0. The molecule has 0 saturated heterocycles. The Morgan fingerprint density at radius 3 is 2.08 bits per heavy atom. The van der Waals surface area contributed by atoms with Gasteiger partial charge in [-0.25, -0.2) is 0 Å². The number of carbonyl (C=O) groups is 3. The normalized spacial score (nSPS) is 10.0. The number of hydrogen-bond acceptors (Lipinski definition) is 3. The zero-order valence-electron chi connectivity index (χ0n) is 13.2. The fraction of sp³-hybridized carbons (Fsp3) is 0.118. The quantitative estimate of drug-likeness (QED) is 0.744. The Bertz CT molecular complexity index is 807. The number of carbonyl (C=O) groups excluding carboxylic acids is 3. The van der Waals surface area contributed by atoms with Gasteiger partial charge in [0.2, 0.25) is 11.8 Å². The second-order valence-electron chi connectivity index (χ2n) is 5.11. The van der Waals surface area contributed by atoms with Gasteiger partial charge >= 0.3 is 0 Å². The lowest BCUT2D eigenvalue weighted by atomic mass is 10.2. The summed E-state index contributed by atoms with van der Waals surface area (Å²) in [4.78, 5) is 34.9. The van der Waals surface area contributed by atoms with Crippen molar-refractivity contribution >= 4 is 52.3 Å². The van der Waals surface area contributed by atoms with Crippen molar-refractivity contribution in [2.75, 3.05) is 17.2 Å². The molecule has 0 fully saturated rings. The minimum atomic E-state index is -0.474. The van der Waals surface area contributed by atoms with Crippen molar-refractivity contribution in [1.82, 2.24) is 5.32 Å². The van der Waals surface area contributed by atoms with Gasteiger partial charge in [0, 0.05) is 23.3 Å². The Hall–Kier alpha value is -2.57. The molecule has 0 aromatic heterocycles. The molecule has 25 heavy (non-hydrogen) atoms. The highest BCUT2D eigenvalue weighted by atomic mass is 35.5. The van der Waals surface area contributed by atoms with Crippen LogP contribution in [0.25, 0.3) is 0 Å². The third-order valence-electron chi connectivity index (χ3n) is 3.07. The molecular weight excluding hydrogens is 365 g/mol. The van der Waals surface area contributed by atoms with Gasteiger partial charge in [0.15, 0.2) is 0 Å². The molecule has 130 valence electrons. The topological polar surface area (TPSA) is 87.3 Å². The largest absolute Gasteiger partial charge is 0.343 e. The van der Waals surface area contributed by atoms with E-state index in [2.05, 4.69) is 16.0 Å².